The fraction of sp³-hybridized carbons (Fsp3) is 0.591. The first-order valence-electron chi connectivity index (χ1n) is 10.7. The van der Waals surface area contributed by atoms with Crippen LogP contribution in [0.3, 0.4) is 0 Å². The van der Waals surface area contributed by atoms with Gasteiger partial charge in [0.15, 0.2) is 0 Å². The molecule has 1 unspecified atom stereocenters. The molecule has 2 amide bonds. The van der Waals surface area contributed by atoms with Crippen LogP contribution in [0.4, 0.5) is 4.39 Å². The lowest BCUT2D eigenvalue weighted by Gasteiger charge is -2.39. The third-order valence-corrected chi connectivity index (χ3v) is 6.72. The van der Waals surface area contributed by atoms with Gasteiger partial charge >= 0.3 is 0 Å². The lowest BCUT2D eigenvalue weighted by atomic mass is 10.0. The minimum atomic E-state index is -0.737. The van der Waals surface area contributed by atoms with Crippen LogP contribution in [-0.2, 0) is 9.59 Å². The molecule has 7 nitrogen and oxygen atoms in total. The zero-order chi connectivity index (χ0) is 21.4. The third-order valence-electron chi connectivity index (χ3n) is 6.72. The van der Waals surface area contributed by atoms with Crippen molar-refractivity contribution in [2.24, 2.45) is 5.73 Å². The predicted octanol–water partition coefficient (Wildman–Crippen LogP) is 1.40. The lowest BCUT2D eigenvalue weighted by Crippen LogP contribution is -2.56. The Labute approximate surface area is 176 Å². The Morgan fingerprint density at radius 1 is 1.37 bits per heavy atom. The lowest BCUT2D eigenvalue weighted by molar-refractivity contribution is -0.141. The second-order valence-corrected chi connectivity index (χ2v) is 8.51. The molecule has 0 spiro atoms. The number of nitrogens with two attached hydrogens (primary N) is 1. The van der Waals surface area contributed by atoms with Crippen molar-refractivity contribution in [2.75, 3.05) is 19.6 Å². The van der Waals surface area contributed by atoms with Gasteiger partial charge in [-0.15, -0.1) is 0 Å². The van der Waals surface area contributed by atoms with Gasteiger partial charge in [0.2, 0.25) is 11.8 Å². The number of hydrogen-bond donors (Lipinski definition) is 1. The van der Waals surface area contributed by atoms with Gasteiger partial charge in [-0.1, -0.05) is 19.1 Å². The van der Waals surface area contributed by atoms with E-state index >= 15 is 0 Å². The molecule has 0 aromatic heterocycles. The number of amides is 2. The average Bonchev–Trinajstić information content (AvgIpc) is 3.45. The number of nitriles is 1. The van der Waals surface area contributed by atoms with Crippen LogP contribution >= 0.6 is 0 Å². The molecule has 30 heavy (non-hydrogen) atoms. The molecule has 2 N–H and O–H groups in total. The monoisotopic (exact) mass is 413 g/mol. The zero-order valence-corrected chi connectivity index (χ0v) is 17.2. The number of carbonyl (C=O) groups excluding carboxylic acids is 2. The molecular weight excluding hydrogens is 385 g/mol. The Hall–Kier alpha value is -2.50. The maximum atomic E-state index is 13.3. The van der Waals surface area contributed by atoms with E-state index in [1.165, 1.54) is 12.1 Å². The summed E-state index contributed by atoms with van der Waals surface area (Å²) in [5, 5.41) is 9.22. The number of carbonyl (C=O) groups is 2. The van der Waals surface area contributed by atoms with E-state index in [1.54, 1.807) is 17.0 Å². The van der Waals surface area contributed by atoms with Crippen molar-refractivity contribution in [1.82, 2.24) is 14.7 Å². The number of piperazine rings is 1. The number of hydrogen-bond acceptors (Lipinski definition) is 5. The van der Waals surface area contributed by atoms with Gasteiger partial charge in [0, 0.05) is 25.7 Å². The van der Waals surface area contributed by atoms with Crippen LogP contribution in [0.25, 0.3) is 0 Å². The van der Waals surface area contributed by atoms with Crippen LogP contribution in [0.5, 0.6) is 0 Å². The molecule has 0 radical (unpaired) electrons. The summed E-state index contributed by atoms with van der Waals surface area (Å²) < 4.78 is 13.3. The number of likely N-dealkylation sites (tertiary alicyclic amines) is 3. The van der Waals surface area contributed by atoms with Gasteiger partial charge in [-0.05, 0) is 43.4 Å². The van der Waals surface area contributed by atoms with Gasteiger partial charge in [0.1, 0.15) is 11.9 Å². The van der Waals surface area contributed by atoms with E-state index in [0.29, 0.717) is 26.1 Å². The van der Waals surface area contributed by atoms with Crippen LogP contribution in [0, 0.1) is 17.1 Å². The molecule has 160 valence electrons. The fourth-order valence-corrected chi connectivity index (χ4v) is 5.29. The summed E-state index contributed by atoms with van der Waals surface area (Å²) in [5.74, 6) is -0.439. The van der Waals surface area contributed by atoms with Crippen molar-refractivity contribution < 1.29 is 14.0 Å². The summed E-state index contributed by atoms with van der Waals surface area (Å²) in [6.07, 6.45) is 2.99. The molecule has 2 bridgehead atoms. The molecule has 3 heterocycles. The summed E-state index contributed by atoms with van der Waals surface area (Å²) in [7, 11) is 0. The van der Waals surface area contributed by atoms with Crippen LogP contribution in [0.2, 0.25) is 0 Å². The van der Waals surface area contributed by atoms with E-state index in [0.717, 1.165) is 24.8 Å². The second-order valence-electron chi connectivity index (χ2n) is 8.51. The number of halogens is 1. The summed E-state index contributed by atoms with van der Waals surface area (Å²) >= 11 is 0. The molecule has 1 aromatic carbocycles. The Morgan fingerprint density at radius 2 is 2.10 bits per heavy atom. The molecule has 5 atom stereocenters. The summed E-state index contributed by atoms with van der Waals surface area (Å²) in [6, 6.07) is 7.12. The molecule has 3 saturated heterocycles. The minimum absolute atomic E-state index is 0.0538. The molecule has 3 fully saturated rings. The molecule has 8 heteroatoms. The Morgan fingerprint density at radius 3 is 2.73 bits per heavy atom. The smallest absolute Gasteiger partial charge is 0.241 e. The van der Waals surface area contributed by atoms with E-state index in [9.17, 15) is 19.2 Å². The van der Waals surface area contributed by atoms with Crippen molar-refractivity contribution >= 4 is 11.8 Å². The number of benzene rings is 1. The van der Waals surface area contributed by atoms with Gasteiger partial charge in [-0.3, -0.25) is 14.5 Å². The van der Waals surface area contributed by atoms with Crippen molar-refractivity contribution in [3.05, 3.63) is 35.6 Å². The highest BCUT2D eigenvalue weighted by Gasteiger charge is 2.52. The van der Waals surface area contributed by atoms with Crippen LogP contribution in [-0.4, -0.2) is 70.3 Å². The summed E-state index contributed by atoms with van der Waals surface area (Å²) in [4.78, 5) is 31.4. The van der Waals surface area contributed by atoms with Crippen molar-refractivity contribution in [3.8, 4) is 6.07 Å². The molecule has 4 rings (SSSR count). The van der Waals surface area contributed by atoms with Crippen LogP contribution < -0.4 is 5.73 Å². The SMILES string of the molecule is CC[C@H](c1ccc(F)cc1)N1C(=O)[C@H]2CC1CN2C[C@H](N)C(=O)N1CCC[C@H]1C#N. The highest BCUT2D eigenvalue weighted by atomic mass is 19.1. The van der Waals surface area contributed by atoms with E-state index in [2.05, 4.69) is 6.07 Å². The van der Waals surface area contributed by atoms with E-state index in [1.807, 2.05) is 16.7 Å². The first-order valence-corrected chi connectivity index (χ1v) is 10.7. The van der Waals surface area contributed by atoms with Crippen molar-refractivity contribution in [2.45, 2.75) is 62.8 Å². The van der Waals surface area contributed by atoms with E-state index in [-0.39, 0.29) is 35.8 Å². The quantitative estimate of drug-likeness (QED) is 0.761. The molecule has 1 aromatic rings. The summed E-state index contributed by atoms with van der Waals surface area (Å²) in [6.45, 7) is 3.60. The first kappa shape index (κ1) is 20.8. The Balaban J connectivity index is 1.41. The Bertz CT molecular complexity index is 854. The molecule has 0 aliphatic carbocycles. The zero-order valence-electron chi connectivity index (χ0n) is 17.2. The average molecular weight is 413 g/mol. The maximum absolute atomic E-state index is 13.3. The summed E-state index contributed by atoms with van der Waals surface area (Å²) in [5.41, 5.74) is 7.13. The largest absolute Gasteiger partial charge is 0.330 e. The van der Waals surface area contributed by atoms with Gasteiger partial charge in [0.05, 0.1) is 24.2 Å². The standard InChI is InChI=1S/C22H28FN5O2/c1-2-19(14-5-7-15(23)8-6-14)28-17-10-20(22(28)30)26(12-17)13-18(25)21(29)27-9-3-4-16(27)11-24/h5-8,16-20H,2-4,9-10,12-13,25H2,1H3/t16-,17?,18-,19+,20+/m0/s1. The van der Waals surface area contributed by atoms with Crippen molar-refractivity contribution in [3.63, 3.8) is 0 Å². The second kappa shape index (κ2) is 8.32. The molecule has 3 aliphatic heterocycles. The third kappa shape index (κ3) is 3.57. The molecular formula is C22H28FN5O2. The van der Waals surface area contributed by atoms with E-state index < -0.39 is 12.1 Å². The minimum Gasteiger partial charge on any atom is -0.330 e. The van der Waals surface area contributed by atoms with Crippen molar-refractivity contribution in [1.29, 1.82) is 5.26 Å². The normalized spacial score (nSPS) is 28.1. The molecule has 0 saturated carbocycles. The molecule has 3 aliphatic rings. The van der Waals surface area contributed by atoms with Crippen LogP contribution in [0.1, 0.15) is 44.2 Å². The predicted molar refractivity (Wildman–Crippen MR) is 108 cm³/mol. The van der Waals surface area contributed by atoms with Gasteiger partial charge < -0.3 is 15.5 Å². The number of fused-ring (bicyclic) bond motifs is 2. The Kier molecular flexibility index (Phi) is 5.76. The van der Waals surface area contributed by atoms with Gasteiger partial charge in [0.25, 0.3) is 0 Å². The first-order chi connectivity index (χ1) is 14.4. The van der Waals surface area contributed by atoms with Crippen LogP contribution in [0.15, 0.2) is 24.3 Å². The highest BCUT2D eigenvalue weighted by Crippen LogP contribution is 2.39. The fourth-order valence-electron chi connectivity index (χ4n) is 5.29. The maximum Gasteiger partial charge on any atom is 0.241 e. The number of rotatable bonds is 6. The van der Waals surface area contributed by atoms with Gasteiger partial charge in [-0.2, -0.15) is 5.26 Å². The topological polar surface area (TPSA) is 93.7 Å². The van der Waals surface area contributed by atoms with Gasteiger partial charge in [-0.25, -0.2) is 4.39 Å². The number of nitrogens with zero attached hydrogens (tertiary/aromatic N) is 4. The highest BCUT2D eigenvalue weighted by molar-refractivity contribution is 5.87. The van der Waals surface area contributed by atoms with E-state index in [4.69, 9.17) is 5.73 Å².